The van der Waals surface area contributed by atoms with Crippen molar-refractivity contribution in [1.29, 1.82) is 0 Å². The highest BCUT2D eigenvalue weighted by Gasteiger charge is 2.19. The molecule has 3 rings (SSSR count). The van der Waals surface area contributed by atoms with Gasteiger partial charge in [-0.05, 0) is 48.0 Å². The van der Waals surface area contributed by atoms with Crippen LogP contribution in [0.1, 0.15) is 40.9 Å². The molecule has 0 fully saturated rings. The molecule has 8 nitrogen and oxygen atoms in total. The van der Waals surface area contributed by atoms with Crippen molar-refractivity contribution in [3.8, 4) is 0 Å². The molecule has 26 heavy (non-hydrogen) atoms. The first-order valence-corrected chi connectivity index (χ1v) is 8.55. The van der Waals surface area contributed by atoms with Gasteiger partial charge in [-0.2, -0.15) is 5.10 Å². The van der Waals surface area contributed by atoms with E-state index in [4.69, 9.17) is 4.42 Å². The Morgan fingerprint density at radius 2 is 1.73 bits per heavy atom. The van der Waals surface area contributed by atoms with Crippen LogP contribution < -0.4 is 16.4 Å². The van der Waals surface area contributed by atoms with Gasteiger partial charge in [0.15, 0.2) is 16.1 Å². The maximum Gasteiger partial charge on any atom is 0.305 e. The first-order valence-electron chi connectivity index (χ1n) is 7.76. The van der Waals surface area contributed by atoms with Gasteiger partial charge in [0.1, 0.15) is 0 Å². The molecule has 3 aromatic rings. The van der Waals surface area contributed by atoms with Crippen LogP contribution in [0.5, 0.6) is 0 Å². The summed E-state index contributed by atoms with van der Waals surface area (Å²) in [6, 6.07) is 9.48. The van der Waals surface area contributed by atoms with Gasteiger partial charge in [0.2, 0.25) is 0 Å². The summed E-state index contributed by atoms with van der Waals surface area (Å²) in [6.45, 7) is 3.59. The highest BCUT2D eigenvalue weighted by molar-refractivity contribution is 9.10. The second-order valence-corrected chi connectivity index (χ2v) is 6.53. The quantitative estimate of drug-likeness (QED) is 0.635. The zero-order valence-corrected chi connectivity index (χ0v) is 15.5. The van der Waals surface area contributed by atoms with Gasteiger partial charge < -0.3 is 4.42 Å². The number of halogens is 1. The van der Waals surface area contributed by atoms with Crippen molar-refractivity contribution in [3.05, 3.63) is 62.9 Å². The lowest BCUT2D eigenvalue weighted by atomic mass is 10.1. The van der Waals surface area contributed by atoms with Gasteiger partial charge in [-0.15, -0.1) is 0 Å². The van der Waals surface area contributed by atoms with Crippen molar-refractivity contribution in [1.82, 2.24) is 20.6 Å². The van der Waals surface area contributed by atoms with E-state index in [-0.39, 0.29) is 23.1 Å². The number of rotatable bonds is 3. The first kappa shape index (κ1) is 17.9. The average molecular weight is 419 g/mol. The van der Waals surface area contributed by atoms with Crippen LogP contribution in [-0.2, 0) is 0 Å². The van der Waals surface area contributed by atoms with Crippen LogP contribution in [0.25, 0.3) is 10.8 Å². The number of carbonyl (C=O) groups is 2. The fourth-order valence-corrected chi connectivity index (χ4v) is 2.70. The van der Waals surface area contributed by atoms with Crippen molar-refractivity contribution < 1.29 is 14.0 Å². The average Bonchev–Trinajstić information content (AvgIpc) is 3.06. The summed E-state index contributed by atoms with van der Waals surface area (Å²) >= 11 is 3.10. The number of nitrogens with zero attached hydrogens (tertiary/aromatic N) is 2. The van der Waals surface area contributed by atoms with Crippen molar-refractivity contribution in [2.75, 3.05) is 0 Å². The standard InChI is InChI=1S/C17H15BrN4O4/c1-9(2)22-17(25)11-6-4-3-5-10(11)14(21-22)16(24)20-19-15(23)12-7-8-13(18)26-12/h3-9H,1-2H3,(H,19,23)(H,20,24). The number of fused-ring (bicyclic) bond motifs is 1. The van der Waals surface area contributed by atoms with Crippen molar-refractivity contribution in [3.63, 3.8) is 0 Å². The Kier molecular flexibility index (Phi) is 4.90. The highest BCUT2D eigenvalue weighted by Crippen LogP contribution is 2.15. The van der Waals surface area contributed by atoms with Crippen molar-refractivity contribution in [2.45, 2.75) is 19.9 Å². The molecule has 2 heterocycles. The van der Waals surface area contributed by atoms with Gasteiger partial charge in [0.25, 0.3) is 11.5 Å². The second kappa shape index (κ2) is 7.12. The number of hydrazine groups is 1. The lowest BCUT2D eigenvalue weighted by Crippen LogP contribution is -2.42. The molecule has 0 spiro atoms. The molecule has 2 amide bonds. The molecule has 0 bridgehead atoms. The number of aromatic nitrogens is 2. The number of nitrogens with one attached hydrogen (secondary N) is 2. The molecule has 0 atom stereocenters. The Bertz CT molecular complexity index is 1050. The molecule has 9 heteroatoms. The van der Waals surface area contributed by atoms with Crippen molar-refractivity contribution in [2.24, 2.45) is 0 Å². The topological polar surface area (TPSA) is 106 Å². The smallest absolute Gasteiger partial charge is 0.305 e. The summed E-state index contributed by atoms with van der Waals surface area (Å²) in [6.07, 6.45) is 0. The largest absolute Gasteiger partial charge is 0.444 e. The Morgan fingerprint density at radius 3 is 2.35 bits per heavy atom. The first-order chi connectivity index (χ1) is 12.4. The Hall–Kier alpha value is -2.94. The van der Waals surface area contributed by atoms with E-state index in [1.807, 2.05) is 0 Å². The number of hydrogen-bond acceptors (Lipinski definition) is 5. The van der Waals surface area contributed by atoms with E-state index in [9.17, 15) is 14.4 Å². The third-order valence-electron chi connectivity index (χ3n) is 3.62. The van der Waals surface area contributed by atoms with Gasteiger partial charge >= 0.3 is 5.91 Å². The maximum atomic E-state index is 12.5. The zero-order chi connectivity index (χ0) is 18.8. The summed E-state index contributed by atoms with van der Waals surface area (Å²) in [5.41, 5.74) is 4.31. The fourth-order valence-electron chi connectivity index (χ4n) is 2.39. The molecular weight excluding hydrogens is 404 g/mol. The molecule has 2 N–H and O–H groups in total. The van der Waals surface area contributed by atoms with Crippen LogP contribution in [0.2, 0.25) is 0 Å². The SMILES string of the molecule is CC(C)n1nc(C(=O)NNC(=O)c2ccc(Br)o2)c2ccccc2c1=O. The van der Waals surface area contributed by atoms with Gasteiger partial charge in [-0.1, -0.05) is 18.2 Å². The molecule has 134 valence electrons. The van der Waals surface area contributed by atoms with E-state index in [1.54, 1.807) is 44.2 Å². The molecule has 0 saturated carbocycles. The molecule has 0 radical (unpaired) electrons. The number of carbonyl (C=O) groups excluding carboxylic acids is 2. The van der Waals surface area contributed by atoms with Crippen LogP contribution in [0.3, 0.4) is 0 Å². The van der Waals surface area contributed by atoms with Gasteiger partial charge in [0, 0.05) is 5.39 Å². The van der Waals surface area contributed by atoms with Crippen molar-refractivity contribution >= 4 is 38.5 Å². The van der Waals surface area contributed by atoms with E-state index in [1.165, 1.54) is 10.7 Å². The van der Waals surface area contributed by atoms with Crippen LogP contribution in [-0.4, -0.2) is 21.6 Å². The van der Waals surface area contributed by atoms with Crippen LogP contribution in [0.4, 0.5) is 0 Å². The summed E-state index contributed by atoms with van der Waals surface area (Å²) in [5, 5.41) is 4.95. The number of benzene rings is 1. The third-order valence-corrected chi connectivity index (χ3v) is 4.05. The zero-order valence-electron chi connectivity index (χ0n) is 13.9. The highest BCUT2D eigenvalue weighted by atomic mass is 79.9. The number of amides is 2. The fraction of sp³-hybridized carbons (Fsp3) is 0.176. The minimum atomic E-state index is -0.644. The molecule has 1 aromatic carbocycles. The number of hydrogen-bond donors (Lipinski definition) is 2. The molecule has 2 aromatic heterocycles. The van der Waals surface area contributed by atoms with E-state index in [0.29, 0.717) is 15.4 Å². The lowest BCUT2D eigenvalue weighted by molar-refractivity contribution is 0.0827. The molecular formula is C17H15BrN4O4. The second-order valence-electron chi connectivity index (χ2n) is 5.75. The third kappa shape index (κ3) is 3.38. The minimum Gasteiger partial charge on any atom is -0.444 e. The molecule has 0 aliphatic carbocycles. The molecule has 0 unspecified atom stereocenters. The van der Waals surface area contributed by atoms with Gasteiger partial charge in [-0.25, -0.2) is 4.68 Å². The summed E-state index contributed by atoms with van der Waals surface area (Å²) in [4.78, 5) is 37.0. The molecule has 0 saturated heterocycles. The Balaban J connectivity index is 1.91. The predicted octanol–water partition coefficient (Wildman–Crippen LogP) is 2.41. The molecule has 0 aliphatic heterocycles. The van der Waals surface area contributed by atoms with E-state index in [0.717, 1.165) is 0 Å². The predicted molar refractivity (Wildman–Crippen MR) is 97.7 cm³/mol. The normalized spacial score (nSPS) is 10.9. The maximum absolute atomic E-state index is 12.5. The summed E-state index contributed by atoms with van der Waals surface area (Å²) in [5.74, 6) is -1.23. The van der Waals surface area contributed by atoms with E-state index < -0.39 is 11.8 Å². The lowest BCUT2D eigenvalue weighted by Gasteiger charge is -2.13. The summed E-state index contributed by atoms with van der Waals surface area (Å²) in [7, 11) is 0. The van der Waals surface area contributed by atoms with Crippen LogP contribution in [0.15, 0.2) is 50.3 Å². The minimum absolute atomic E-state index is 0.0298. The molecule has 0 aliphatic rings. The monoisotopic (exact) mass is 418 g/mol. The van der Waals surface area contributed by atoms with Gasteiger partial charge in [0.05, 0.1) is 11.4 Å². The van der Waals surface area contributed by atoms with Gasteiger partial charge in [-0.3, -0.25) is 25.2 Å². The summed E-state index contributed by atoms with van der Waals surface area (Å²) < 4.78 is 6.75. The van der Waals surface area contributed by atoms with Crippen LogP contribution in [0, 0.1) is 0 Å². The van der Waals surface area contributed by atoms with E-state index >= 15 is 0 Å². The Labute approximate surface area is 156 Å². The van der Waals surface area contributed by atoms with Crippen LogP contribution >= 0.6 is 15.9 Å². The van der Waals surface area contributed by atoms with E-state index in [2.05, 4.69) is 31.9 Å². The number of furan rings is 1. The Morgan fingerprint density at radius 1 is 1.08 bits per heavy atom.